The molecule has 1 N–H and O–H groups in total. The summed E-state index contributed by atoms with van der Waals surface area (Å²) in [6, 6.07) is 8.43. The molecule has 98 valence electrons. The first-order valence-electron chi connectivity index (χ1n) is 7.00. The van der Waals surface area contributed by atoms with Gasteiger partial charge in [-0.05, 0) is 38.4 Å². The third-order valence-corrected chi connectivity index (χ3v) is 4.28. The Morgan fingerprint density at radius 1 is 1.33 bits per heavy atom. The molecule has 3 heteroatoms. The molecule has 2 aliphatic heterocycles. The lowest BCUT2D eigenvalue weighted by Gasteiger charge is -2.25. The highest BCUT2D eigenvalue weighted by Crippen LogP contribution is 2.40. The first-order valence-corrected chi connectivity index (χ1v) is 7.00. The Labute approximate surface area is 109 Å². The highest BCUT2D eigenvalue weighted by molar-refractivity contribution is 5.59. The second-order valence-corrected chi connectivity index (χ2v) is 5.50. The van der Waals surface area contributed by atoms with E-state index in [2.05, 4.69) is 34.5 Å². The van der Waals surface area contributed by atoms with Gasteiger partial charge in [-0.25, -0.2) is 0 Å². The topological polar surface area (TPSA) is 24.5 Å². The number of benzene rings is 1. The quantitative estimate of drug-likeness (QED) is 0.885. The SMILES string of the molecule is CCOc1ccccc1N1CCC2(CCNC2)C1. The van der Waals surface area contributed by atoms with Crippen LogP contribution in [0.5, 0.6) is 5.75 Å². The molecule has 0 aliphatic carbocycles. The van der Waals surface area contributed by atoms with Crippen LogP contribution >= 0.6 is 0 Å². The van der Waals surface area contributed by atoms with E-state index in [9.17, 15) is 0 Å². The van der Waals surface area contributed by atoms with Gasteiger partial charge in [0, 0.05) is 25.0 Å². The van der Waals surface area contributed by atoms with Gasteiger partial charge in [-0.2, -0.15) is 0 Å². The molecule has 2 heterocycles. The van der Waals surface area contributed by atoms with Crippen LogP contribution in [0.15, 0.2) is 24.3 Å². The lowest BCUT2D eigenvalue weighted by atomic mass is 9.86. The van der Waals surface area contributed by atoms with Gasteiger partial charge in [-0.3, -0.25) is 0 Å². The number of hydrogen-bond donors (Lipinski definition) is 1. The van der Waals surface area contributed by atoms with Crippen molar-refractivity contribution in [3.05, 3.63) is 24.3 Å². The Bertz CT molecular complexity index is 413. The van der Waals surface area contributed by atoms with E-state index >= 15 is 0 Å². The van der Waals surface area contributed by atoms with Crippen molar-refractivity contribution in [2.24, 2.45) is 5.41 Å². The lowest BCUT2D eigenvalue weighted by molar-refractivity contribution is 0.339. The van der Waals surface area contributed by atoms with Gasteiger partial charge in [0.2, 0.25) is 0 Å². The van der Waals surface area contributed by atoms with Crippen molar-refractivity contribution in [1.29, 1.82) is 0 Å². The lowest BCUT2D eigenvalue weighted by Crippen LogP contribution is -2.29. The van der Waals surface area contributed by atoms with Crippen molar-refractivity contribution in [2.75, 3.05) is 37.7 Å². The molecular formula is C15H22N2O. The molecule has 0 radical (unpaired) electrons. The number of nitrogens with zero attached hydrogens (tertiary/aromatic N) is 1. The molecule has 0 saturated carbocycles. The number of rotatable bonds is 3. The minimum atomic E-state index is 0.513. The zero-order valence-electron chi connectivity index (χ0n) is 11.1. The molecular weight excluding hydrogens is 224 g/mol. The summed E-state index contributed by atoms with van der Waals surface area (Å²) in [6.45, 7) is 7.47. The van der Waals surface area contributed by atoms with Gasteiger partial charge in [0.1, 0.15) is 5.75 Å². The maximum atomic E-state index is 5.74. The van der Waals surface area contributed by atoms with E-state index in [1.165, 1.54) is 38.2 Å². The molecule has 1 atom stereocenters. The van der Waals surface area contributed by atoms with Gasteiger partial charge < -0.3 is 15.0 Å². The molecule has 18 heavy (non-hydrogen) atoms. The van der Waals surface area contributed by atoms with Crippen LogP contribution in [0.4, 0.5) is 5.69 Å². The Morgan fingerprint density at radius 3 is 3.00 bits per heavy atom. The van der Waals surface area contributed by atoms with Gasteiger partial charge in [-0.1, -0.05) is 12.1 Å². The third kappa shape index (κ3) is 2.07. The highest BCUT2D eigenvalue weighted by atomic mass is 16.5. The van der Waals surface area contributed by atoms with Crippen LogP contribution in [0.25, 0.3) is 0 Å². The van der Waals surface area contributed by atoms with Crippen LogP contribution in [0.2, 0.25) is 0 Å². The number of hydrogen-bond acceptors (Lipinski definition) is 3. The second kappa shape index (κ2) is 4.81. The molecule has 1 aromatic carbocycles. The summed E-state index contributed by atoms with van der Waals surface area (Å²) in [4.78, 5) is 2.50. The zero-order valence-corrected chi connectivity index (χ0v) is 11.1. The fraction of sp³-hybridized carbons (Fsp3) is 0.600. The van der Waals surface area contributed by atoms with Crippen LogP contribution in [0, 0.1) is 5.41 Å². The fourth-order valence-corrected chi connectivity index (χ4v) is 3.28. The Kier molecular flexibility index (Phi) is 3.16. The van der Waals surface area contributed by atoms with Gasteiger partial charge >= 0.3 is 0 Å². The normalized spacial score (nSPS) is 27.1. The van der Waals surface area contributed by atoms with Gasteiger partial charge in [0.25, 0.3) is 0 Å². The summed E-state index contributed by atoms with van der Waals surface area (Å²) in [5, 5.41) is 3.51. The van der Waals surface area contributed by atoms with E-state index in [0.717, 1.165) is 18.9 Å². The van der Waals surface area contributed by atoms with E-state index in [0.29, 0.717) is 5.41 Å². The maximum Gasteiger partial charge on any atom is 0.142 e. The van der Waals surface area contributed by atoms with Crippen LogP contribution in [0.3, 0.4) is 0 Å². The third-order valence-electron chi connectivity index (χ3n) is 4.28. The van der Waals surface area contributed by atoms with Crippen molar-refractivity contribution in [1.82, 2.24) is 5.32 Å². The Morgan fingerprint density at radius 2 is 2.22 bits per heavy atom. The van der Waals surface area contributed by atoms with Crippen molar-refractivity contribution in [3.63, 3.8) is 0 Å². The molecule has 1 unspecified atom stereocenters. The Hall–Kier alpha value is -1.22. The van der Waals surface area contributed by atoms with E-state index in [-0.39, 0.29) is 0 Å². The largest absolute Gasteiger partial charge is 0.492 e. The van der Waals surface area contributed by atoms with E-state index < -0.39 is 0 Å². The summed E-state index contributed by atoms with van der Waals surface area (Å²) < 4.78 is 5.74. The summed E-state index contributed by atoms with van der Waals surface area (Å²) in [7, 11) is 0. The number of anilines is 1. The van der Waals surface area contributed by atoms with Crippen molar-refractivity contribution in [3.8, 4) is 5.75 Å². The predicted octanol–water partition coefficient (Wildman–Crippen LogP) is 2.28. The monoisotopic (exact) mass is 246 g/mol. The standard InChI is InChI=1S/C15H22N2O/c1-2-18-14-6-4-3-5-13(14)17-10-8-15(12-17)7-9-16-11-15/h3-6,16H,2,7-12H2,1H3. The smallest absolute Gasteiger partial charge is 0.142 e. The van der Waals surface area contributed by atoms with E-state index in [4.69, 9.17) is 4.74 Å². The average Bonchev–Trinajstić information content (AvgIpc) is 3.02. The van der Waals surface area contributed by atoms with Crippen LogP contribution in [0.1, 0.15) is 19.8 Å². The molecule has 3 rings (SSSR count). The van der Waals surface area contributed by atoms with E-state index in [1.807, 2.05) is 6.92 Å². The summed E-state index contributed by atoms with van der Waals surface area (Å²) in [5.41, 5.74) is 1.78. The van der Waals surface area contributed by atoms with Crippen molar-refractivity contribution < 1.29 is 4.74 Å². The first-order chi connectivity index (χ1) is 8.83. The molecule has 2 fully saturated rings. The first kappa shape index (κ1) is 11.8. The summed E-state index contributed by atoms with van der Waals surface area (Å²) in [6.07, 6.45) is 2.63. The summed E-state index contributed by atoms with van der Waals surface area (Å²) in [5.74, 6) is 1.03. The molecule has 1 aromatic rings. The molecule has 2 saturated heterocycles. The second-order valence-electron chi connectivity index (χ2n) is 5.50. The molecule has 0 aromatic heterocycles. The predicted molar refractivity (Wildman–Crippen MR) is 74.4 cm³/mol. The molecule has 1 spiro atoms. The van der Waals surface area contributed by atoms with Crippen molar-refractivity contribution >= 4 is 5.69 Å². The minimum absolute atomic E-state index is 0.513. The maximum absolute atomic E-state index is 5.74. The highest BCUT2D eigenvalue weighted by Gasteiger charge is 2.40. The van der Waals surface area contributed by atoms with Gasteiger partial charge in [-0.15, -0.1) is 0 Å². The van der Waals surface area contributed by atoms with Crippen LogP contribution < -0.4 is 15.0 Å². The number of ether oxygens (including phenoxy) is 1. The molecule has 0 amide bonds. The van der Waals surface area contributed by atoms with Crippen molar-refractivity contribution in [2.45, 2.75) is 19.8 Å². The van der Waals surface area contributed by atoms with Crippen LogP contribution in [-0.2, 0) is 0 Å². The van der Waals surface area contributed by atoms with E-state index in [1.54, 1.807) is 0 Å². The van der Waals surface area contributed by atoms with Crippen LogP contribution in [-0.4, -0.2) is 32.8 Å². The van der Waals surface area contributed by atoms with Gasteiger partial charge in [0.05, 0.1) is 12.3 Å². The fourth-order valence-electron chi connectivity index (χ4n) is 3.28. The zero-order chi connectivity index (χ0) is 12.4. The van der Waals surface area contributed by atoms with Gasteiger partial charge in [0.15, 0.2) is 0 Å². The Balaban J connectivity index is 1.79. The number of para-hydroxylation sites is 2. The summed E-state index contributed by atoms with van der Waals surface area (Å²) >= 11 is 0. The molecule has 0 bridgehead atoms. The minimum Gasteiger partial charge on any atom is -0.492 e. The molecule has 2 aliphatic rings. The molecule has 3 nitrogen and oxygen atoms in total. The number of nitrogens with one attached hydrogen (secondary N) is 1. The average molecular weight is 246 g/mol.